The molecule has 32 heavy (non-hydrogen) atoms. The molecule has 0 saturated heterocycles. The third kappa shape index (κ3) is 4.93. The highest BCUT2D eigenvalue weighted by Crippen LogP contribution is 2.43. The Kier molecular flexibility index (Phi) is 6.88. The molecule has 0 radical (unpaired) electrons. The predicted molar refractivity (Wildman–Crippen MR) is 122 cm³/mol. The van der Waals surface area contributed by atoms with Gasteiger partial charge >= 0.3 is 5.97 Å². The van der Waals surface area contributed by atoms with Crippen molar-refractivity contribution in [1.82, 2.24) is 4.90 Å². The van der Waals surface area contributed by atoms with Crippen molar-refractivity contribution < 1.29 is 23.0 Å². The zero-order chi connectivity index (χ0) is 23.6. The maximum Gasteiger partial charge on any atom is 0.330 e. The highest BCUT2D eigenvalue weighted by Gasteiger charge is 2.36. The topological polar surface area (TPSA) is 64.8 Å². The number of nitrogens with zero attached hydrogens (tertiary/aromatic N) is 1. The number of esters is 1. The lowest BCUT2D eigenvalue weighted by atomic mass is 9.84. The van der Waals surface area contributed by atoms with Crippen LogP contribution in [0.15, 0.2) is 30.3 Å². The van der Waals surface area contributed by atoms with E-state index in [1.807, 2.05) is 24.0 Å². The Labute approximate surface area is 187 Å². The maximum atomic E-state index is 15.6. The number of nitrogens with two attached hydrogens (primary N) is 1. The molecule has 0 amide bonds. The van der Waals surface area contributed by atoms with E-state index in [4.69, 9.17) is 10.5 Å². The minimum Gasteiger partial charge on any atom is -0.496 e. The van der Waals surface area contributed by atoms with E-state index in [1.54, 1.807) is 6.07 Å². The number of rotatable bonds is 6. The second kappa shape index (κ2) is 9.28. The molecule has 1 atom stereocenters. The Balaban J connectivity index is 2.18. The van der Waals surface area contributed by atoms with Crippen molar-refractivity contribution >= 4 is 17.7 Å². The number of alkyl halides is 1. The SMILES string of the molecule is COC(=O)/C=C/c1cc(F)c(C2c3ccc(N)c(C)c3CCN2CC(C)(C)F)c(OC)c1. The van der Waals surface area contributed by atoms with Crippen molar-refractivity contribution in [2.24, 2.45) is 0 Å². The maximum absolute atomic E-state index is 15.6. The van der Waals surface area contributed by atoms with E-state index in [0.717, 1.165) is 16.7 Å². The van der Waals surface area contributed by atoms with Gasteiger partial charge in [0, 0.05) is 24.9 Å². The van der Waals surface area contributed by atoms with Crippen LogP contribution in [0.3, 0.4) is 0 Å². The normalized spacial score (nSPS) is 16.8. The molecule has 2 N–H and O–H groups in total. The zero-order valence-electron chi connectivity index (χ0n) is 19.2. The number of ether oxygens (including phenoxy) is 2. The van der Waals surface area contributed by atoms with E-state index in [2.05, 4.69) is 4.74 Å². The number of hydrogen-bond donors (Lipinski definition) is 1. The molecular weight excluding hydrogens is 414 g/mol. The van der Waals surface area contributed by atoms with Crippen LogP contribution in [-0.2, 0) is 16.0 Å². The fourth-order valence-electron chi connectivity index (χ4n) is 4.33. The molecule has 0 fully saturated rings. The van der Waals surface area contributed by atoms with Gasteiger partial charge in [0.1, 0.15) is 17.2 Å². The third-order valence-electron chi connectivity index (χ3n) is 5.78. The van der Waals surface area contributed by atoms with Crippen molar-refractivity contribution in [3.63, 3.8) is 0 Å². The van der Waals surface area contributed by atoms with Crippen molar-refractivity contribution in [2.45, 2.75) is 38.9 Å². The lowest BCUT2D eigenvalue weighted by Gasteiger charge is -2.41. The number of anilines is 1. The van der Waals surface area contributed by atoms with E-state index in [1.165, 1.54) is 46.3 Å². The lowest BCUT2D eigenvalue weighted by Crippen LogP contribution is -2.43. The average molecular weight is 445 g/mol. The summed E-state index contributed by atoms with van der Waals surface area (Å²) >= 11 is 0. The largest absolute Gasteiger partial charge is 0.496 e. The van der Waals surface area contributed by atoms with Gasteiger partial charge in [-0.1, -0.05) is 6.07 Å². The van der Waals surface area contributed by atoms with Gasteiger partial charge in [0.05, 0.1) is 25.8 Å². The van der Waals surface area contributed by atoms with Crippen molar-refractivity contribution in [3.8, 4) is 5.75 Å². The van der Waals surface area contributed by atoms with Crippen LogP contribution in [0, 0.1) is 12.7 Å². The summed E-state index contributed by atoms with van der Waals surface area (Å²) in [6.07, 6.45) is 3.37. The van der Waals surface area contributed by atoms with Crippen molar-refractivity contribution in [2.75, 3.05) is 33.0 Å². The van der Waals surface area contributed by atoms with Gasteiger partial charge in [0.15, 0.2) is 0 Å². The molecule has 3 rings (SSSR count). The van der Waals surface area contributed by atoms with Crippen LogP contribution in [0.4, 0.5) is 14.5 Å². The molecule has 1 aliphatic rings. The van der Waals surface area contributed by atoms with Gasteiger partial charge in [-0.3, -0.25) is 4.90 Å². The molecule has 172 valence electrons. The molecule has 0 aromatic heterocycles. The molecule has 1 aliphatic heterocycles. The molecule has 0 spiro atoms. The molecule has 0 aliphatic carbocycles. The second-order valence-electron chi connectivity index (χ2n) is 8.66. The highest BCUT2D eigenvalue weighted by molar-refractivity contribution is 5.87. The Hall–Kier alpha value is -2.93. The zero-order valence-corrected chi connectivity index (χ0v) is 19.2. The minimum absolute atomic E-state index is 0.132. The van der Waals surface area contributed by atoms with E-state index < -0.39 is 23.5 Å². The number of carbonyl (C=O) groups is 1. The number of nitrogen functional groups attached to an aromatic ring is 1. The van der Waals surface area contributed by atoms with Gasteiger partial charge in [-0.25, -0.2) is 13.6 Å². The second-order valence-corrected chi connectivity index (χ2v) is 8.66. The van der Waals surface area contributed by atoms with Crippen LogP contribution in [-0.4, -0.2) is 43.8 Å². The molecule has 1 heterocycles. The van der Waals surface area contributed by atoms with Crippen molar-refractivity contribution in [1.29, 1.82) is 0 Å². The van der Waals surface area contributed by atoms with Crippen LogP contribution < -0.4 is 10.5 Å². The number of methoxy groups -OCH3 is 2. The smallest absolute Gasteiger partial charge is 0.330 e. The summed E-state index contributed by atoms with van der Waals surface area (Å²) in [5.41, 5.74) is 9.03. The summed E-state index contributed by atoms with van der Waals surface area (Å²) in [5.74, 6) is -0.717. The van der Waals surface area contributed by atoms with Gasteiger partial charge < -0.3 is 15.2 Å². The number of carbonyl (C=O) groups excluding carboxylic acids is 1. The number of halogens is 2. The Morgan fingerprint density at radius 3 is 2.66 bits per heavy atom. The lowest BCUT2D eigenvalue weighted by molar-refractivity contribution is -0.134. The molecular formula is C25H30F2N2O3. The summed E-state index contributed by atoms with van der Waals surface area (Å²) in [6.45, 7) is 5.67. The van der Waals surface area contributed by atoms with Gasteiger partial charge in [0.25, 0.3) is 0 Å². The van der Waals surface area contributed by atoms with E-state index in [9.17, 15) is 9.18 Å². The summed E-state index contributed by atoms with van der Waals surface area (Å²) in [7, 11) is 2.74. The first-order chi connectivity index (χ1) is 15.1. The van der Waals surface area contributed by atoms with Crippen LogP contribution in [0.5, 0.6) is 5.75 Å². The number of fused-ring (bicyclic) bond motifs is 1. The molecule has 0 saturated carbocycles. The van der Waals surface area contributed by atoms with E-state index in [0.29, 0.717) is 35.5 Å². The van der Waals surface area contributed by atoms with Gasteiger partial charge in [0.2, 0.25) is 0 Å². The van der Waals surface area contributed by atoms with Crippen LogP contribution in [0.1, 0.15) is 47.7 Å². The van der Waals surface area contributed by atoms with Crippen LogP contribution >= 0.6 is 0 Å². The summed E-state index contributed by atoms with van der Waals surface area (Å²) in [6, 6.07) is 6.16. The first-order valence-electron chi connectivity index (χ1n) is 10.5. The molecule has 2 aromatic carbocycles. The van der Waals surface area contributed by atoms with Gasteiger partial charge in [-0.05, 0) is 73.7 Å². The fourth-order valence-corrected chi connectivity index (χ4v) is 4.33. The van der Waals surface area contributed by atoms with Gasteiger partial charge in [-0.15, -0.1) is 0 Å². The number of hydrogen-bond acceptors (Lipinski definition) is 5. The van der Waals surface area contributed by atoms with Crippen LogP contribution in [0.25, 0.3) is 6.08 Å². The molecule has 1 unspecified atom stereocenters. The molecule has 5 nitrogen and oxygen atoms in total. The predicted octanol–water partition coefficient (Wildman–Crippen LogP) is 4.61. The van der Waals surface area contributed by atoms with Crippen LogP contribution in [0.2, 0.25) is 0 Å². The van der Waals surface area contributed by atoms with E-state index >= 15 is 4.39 Å². The average Bonchev–Trinajstić information content (AvgIpc) is 2.73. The third-order valence-corrected chi connectivity index (χ3v) is 5.78. The van der Waals surface area contributed by atoms with Gasteiger partial charge in [-0.2, -0.15) is 0 Å². The standard InChI is InChI=1S/C25H30F2N2O3/c1-15-17-10-11-29(14-25(2,3)27)24(18(17)7-8-20(15)28)23-19(26)12-16(13-21(23)31-4)6-9-22(30)32-5/h6-9,12-13,24H,10-11,14,28H2,1-5H3/b9-6+. The summed E-state index contributed by atoms with van der Waals surface area (Å²) < 4.78 is 40.5. The first kappa shape index (κ1) is 23.7. The molecule has 0 bridgehead atoms. The Morgan fingerprint density at radius 1 is 1.31 bits per heavy atom. The Morgan fingerprint density at radius 2 is 2.03 bits per heavy atom. The quantitative estimate of drug-likeness (QED) is 0.401. The van der Waals surface area contributed by atoms with Crippen molar-refractivity contribution in [3.05, 3.63) is 64.0 Å². The Bertz CT molecular complexity index is 1040. The van der Waals surface area contributed by atoms with E-state index in [-0.39, 0.29) is 6.54 Å². The fraction of sp³-hybridized carbons (Fsp3) is 0.400. The molecule has 2 aromatic rings. The summed E-state index contributed by atoms with van der Waals surface area (Å²) in [4.78, 5) is 13.4. The minimum atomic E-state index is -1.47. The molecule has 7 heteroatoms. The monoisotopic (exact) mass is 444 g/mol. The number of benzene rings is 2. The summed E-state index contributed by atoms with van der Waals surface area (Å²) in [5, 5.41) is 0. The highest BCUT2D eigenvalue weighted by atomic mass is 19.1. The first-order valence-corrected chi connectivity index (χ1v) is 10.5.